The van der Waals surface area contributed by atoms with Crippen LogP contribution in [-0.2, 0) is 9.47 Å². The summed E-state index contributed by atoms with van der Waals surface area (Å²) in [6.45, 7) is 3.39. The Morgan fingerprint density at radius 3 is 2.67 bits per heavy atom. The van der Waals surface area contributed by atoms with Gasteiger partial charge in [0.15, 0.2) is 5.69 Å². The first-order chi connectivity index (χ1) is 10.3. The Balaban J connectivity index is 1.77. The van der Waals surface area contributed by atoms with Gasteiger partial charge in [-0.2, -0.15) is 0 Å². The number of ether oxygens (including phenoxy) is 2. The van der Waals surface area contributed by atoms with Crippen molar-refractivity contribution in [3.63, 3.8) is 0 Å². The fourth-order valence-electron chi connectivity index (χ4n) is 2.24. The first-order valence-corrected chi connectivity index (χ1v) is 7.63. The summed E-state index contributed by atoms with van der Waals surface area (Å²) in [5.41, 5.74) is 2.55. The minimum Gasteiger partial charge on any atom is -0.464 e. The predicted molar refractivity (Wildman–Crippen MR) is 81.9 cm³/mol. The van der Waals surface area contributed by atoms with Gasteiger partial charge in [-0.1, -0.05) is 0 Å². The minimum absolute atomic E-state index is 0.356. The molecule has 0 amide bonds. The van der Waals surface area contributed by atoms with Crippen LogP contribution in [0.2, 0.25) is 0 Å². The van der Waals surface area contributed by atoms with Gasteiger partial charge in [0, 0.05) is 29.7 Å². The van der Waals surface area contributed by atoms with Crippen LogP contribution in [0.1, 0.15) is 10.5 Å². The van der Waals surface area contributed by atoms with Gasteiger partial charge in [0.05, 0.1) is 20.3 Å². The molecule has 1 aliphatic heterocycles. The van der Waals surface area contributed by atoms with Gasteiger partial charge >= 0.3 is 5.97 Å². The lowest BCUT2D eigenvalue weighted by Gasteiger charge is -2.28. The topological polar surface area (TPSA) is 51.7 Å². The first kappa shape index (κ1) is 14.0. The molecule has 3 rings (SSSR count). The molecule has 5 nitrogen and oxygen atoms in total. The maximum atomic E-state index is 11.4. The molecule has 0 unspecified atom stereocenters. The molecule has 1 aromatic heterocycles. The number of morpholine rings is 1. The van der Waals surface area contributed by atoms with Gasteiger partial charge in [0.1, 0.15) is 5.01 Å². The number of thiazole rings is 1. The largest absolute Gasteiger partial charge is 0.464 e. The van der Waals surface area contributed by atoms with Gasteiger partial charge < -0.3 is 14.4 Å². The molecule has 1 saturated heterocycles. The molecule has 1 fully saturated rings. The normalized spacial score (nSPS) is 15.0. The standard InChI is InChI=1S/C15H16N2O3S/c1-19-15(18)13-10-21-14(16-13)11-2-4-12(5-3-11)17-6-8-20-9-7-17/h2-5,10H,6-9H2,1H3. The van der Waals surface area contributed by atoms with E-state index in [0.717, 1.165) is 36.9 Å². The van der Waals surface area contributed by atoms with Crippen LogP contribution in [0.3, 0.4) is 0 Å². The zero-order chi connectivity index (χ0) is 14.7. The molecule has 2 aromatic rings. The van der Waals surface area contributed by atoms with Crippen LogP contribution in [0, 0.1) is 0 Å². The molecule has 1 aromatic carbocycles. The van der Waals surface area contributed by atoms with Crippen molar-refractivity contribution in [2.45, 2.75) is 0 Å². The summed E-state index contributed by atoms with van der Waals surface area (Å²) in [6, 6.07) is 8.23. The van der Waals surface area contributed by atoms with Crippen LogP contribution in [0.15, 0.2) is 29.6 Å². The molecule has 0 spiro atoms. The molecule has 21 heavy (non-hydrogen) atoms. The maximum absolute atomic E-state index is 11.4. The van der Waals surface area contributed by atoms with E-state index in [9.17, 15) is 4.79 Å². The molecule has 0 atom stereocenters. The van der Waals surface area contributed by atoms with Crippen molar-refractivity contribution in [2.75, 3.05) is 38.3 Å². The van der Waals surface area contributed by atoms with Gasteiger partial charge in [0.2, 0.25) is 0 Å². The van der Waals surface area contributed by atoms with Gasteiger partial charge in [-0.05, 0) is 24.3 Å². The van der Waals surface area contributed by atoms with Crippen LogP contribution >= 0.6 is 11.3 Å². The lowest BCUT2D eigenvalue weighted by molar-refractivity contribution is 0.0595. The van der Waals surface area contributed by atoms with E-state index in [1.165, 1.54) is 24.1 Å². The van der Waals surface area contributed by atoms with Crippen molar-refractivity contribution in [3.8, 4) is 10.6 Å². The molecule has 0 aliphatic carbocycles. The molecular formula is C15H16N2O3S. The average Bonchev–Trinajstić information content (AvgIpc) is 3.05. The third kappa shape index (κ3) is 3.06. The molecule has 2 heterocycles. The Hall–Kier alpha value is -1.92. The highest BCUT2D eigenvalue weighted by Gasteiger charge is 2.13. The van der Waals surface area contributed by atoms with E-state index in [1.54, 1.807) is 5.38 Å². The van der Waals surface area contributed by atoms with E-state index in [1.807, 2.05) is 12.1 Å². The summed E-state index contributed by atoms with van der Waals surface area (Å²) < 4.78 is 10.0. The summed E-state index contributed by atoms with van der Waals surface area (Å²) in [5.74, 6) is -0.401. The lowest BCUT2D eigenvalue weighted by Crippen LogP contribution is -2.36. The van der Waals surface area contributed by atoms with Crippen molar-refractivity contribution in [1.29, 1.82) is 0 Å². The minimum atomic E-state index is -0.401. The van der Waals surface area contributed by atoms with E-state index in [-0.39, 0.29) is 0 Å². The first-order valence-electron chi connectivity index (χ1n) is 6.75. The third-order valence-corrected chi connectivity index (χ3v) is 4.28. The number of nitrogens with zero attached hydrogens (tertiary/aromatic N) is 2. The van der Waals surface area contributed by atoms with Crippen molar-refractivity contribution in [2.24, 2.45) is 0 Å². The molecule has 6 heteroatoms. The Bertz CT molecular complexity index is 618. The van der Waals surface area contributed by atoms with Gasteiger partial charge in [-0.15, -0.1) is 11.3 Å². The lowest BCUT2D eigenvalue weighted by atomic mass is 10.2. The summed E-state index contributed by atoms with van der Waals surface area (Å²) in [4.78, 5) is 18.0. The fourth-order valence-corrected chi connectivity index (χ4v) is 3.04. The van der Waals surface area contributed by atoms with Crippen molar-refractivity contribution >= 4 is 23.0 Å². The molecule has 110 valence electrons. The highest BCUT2D eigenvalue weighted by atomic mass is 32.1. The number of benzene rings is 1. The van der Waals surface area contributed by atoms with Crippen LogP contribution in [0.5, 0.6) is 0 Å². The molecule has 0 saturated carbocycles. The Morgan fingerprint density at radius 2 is 2.00 bits per heavy atom. The highest BCUT2D eigenvalue weighted by Crippen LogP contribution is 2.26. The average molecular weight is 304 g/mol. The van der Waals surface area contributed by atoms with E-state index < -0.39 is 5.97 Å². The zero-order valence-corrected chi connectivity index (χ0v) is 12.6. The fraction of sp³-hybridized carbons (Fsp3) is 0.333. The second-order valence-electron chi connectivity index (χ2n) is 4.68. The molecule has 0 bridgehead atoms. The van der Waals surface area contributed by atoms with Crippen LogP contribution < -0.4 is 4.90 Å². The Labute approximate surface area is 127 Å². The number of rotatable bonds is 3. The molecule has 0 N–H and O–H groups in total. The van der Waals surface area contributed by atoms with Gasteiger partial charge in [-0.3, -0.25) is 0 Å². The van der Waals surface area contributed by atoms with E-state index in [4.69, 9.17) is 4.74 Å². The summed E-state index contributed by atoms with van der Waals surface area (Å²) >= 11 is 1.44. The van der Waals surface area contributed by atoms with E-state index >= 15 is 0 Å². The van der Waals surface area contributed by atoms with Crippen LogP contribution in [0.25, 0.3) is 10.6 Å². The van der Waals surface area contributed by atoms with E-state index in [2.05, 4.69) is 26.8 Å². The second kappa shape index (κ2) is 6.24. The molecule has 0 radical (unpaired) electrons. The predicted octanol–water partition coefficient (Wildman–Crippen LogP) is 2.43. The monoisotopic (exact) mass is 304 g/mol. The van der Waals surface area contributed by atoms with Crippen molar-refractivity contribution in [3.05, 3.63) is 35.3 Å². The molecular weight excluding hydrogens is 288 g/mol. The number of esters is 1. The summed E-state index contributed by atoms with van der Waals surface area (Å²) in [7, 11) is 1.36. The van der Waals surface area contributed by atoms with Gasteiger partial charge in [-0.25, -0.2) is 9.78 Å². The van der Waals surface area contributed by atoms with Crippen LogP contribution in [0.4, 0.5) is 5.69 Å². The third-order valence-electron chi connectivity index (χ3n) is 3.39. The maximum Gasteiger partial charge on any atom is 0.357 e. The number of hydrogen-bond acceptors (Lipinski definition) is 6. The number of aromatic nitrogens is 1. The highest BCUT2D eigenvalue weighted by molar-refractivity contribution is 7.13. The van der Waals surface area contributed by atoms with Crippen LogP contribution in [-0.4, -0.2) is 44.4 Å². The number of carbonyl (C=O) groups is 1. The number of methoxy groups -OCH3 is 1. The number of carbonyl (C=O) groups excluding carboxylic acids is 1. The number of hydrogen-bond donors (Lipinski definition) is 0. The van der Waals surface area contributed by atoms with Crippen molar-refractivity contribution in [1.82, 2.24) is 4.98 Å². The molecule has 1 aliphatic rings. The number of anilines is 1. The summed E-state index contributed by atoms with van der Waals surface area (Å²) in [5, 5.41) is 2.54. The Morgan fingerprint density at radius 1 is 1.29 bits per heavy atom. The quantitative estimate of drug-likeness (QED) is 0.815. The van der Waals surface area contributed by atoms with Crippen molar-refractivity contribution < 1.29 is 14.3 Å². The smallest absolute Gasteiger partial charge is 0.357 e. The SMILES string of the molecule is COC(=O)c1csc(-c2ccc(N3CCOCC3)cc2)n1. The Kier molecular flexibility index (Phi) is 4.17. The second-order valence-corrected chi connectivity index (χ2v) is 5.53. The van der Waals surface area contributed by atoms with E-state index in [0.29, 0.717) is 5.69 Å². The zero-order valence-electron chi connectivity index (χ0n) is 11.7. The summed E-state index contributed by atoms with van der Waals surface area (Å²) in [6.07, 6.45) is 0. The van der Waals surface area contributed by atoms with Gasteiger partial charge in [0.25, 0.3) is 0 Å².